The van der Waals surface area contributed by atoms with Crippen LogP contribution in [0.1, 0.15) is 43.0 Å². The van der Waals surface area contributed by atoms with Crippen molar-refractivity contribution in [2.24, 2.45) is 11.1 Å². The molecule has 0 saturated heterocycles. The van der Waals surface area contributed by atoms with Crippen LogP contribution in [0.5, 0.6) is 5.75 Å². The Morgan fingerprint density at radius 2 is 1.48 bits per heavy atom. The lowest BCUT2D eigenvalue weighted by Gasteiger charge is -2.41. The lowest BCUT2D eigenvalue weighted by molar-refractivity contribution is -0.152. The molecule has 0 radical (unpaired) electrons. The summed E-state index contributed by atoms with van der Waals surface area (Å²) in [7, 11) is 4.81. The Hall–Kier alpha value is -4.24. The fourth-order valence-corrected chi connectivity index (χ4v) is 5.39. The summed E-state index contributed by atoms with van der Waals surface area (Å²) in [4.78, 5) is 43.2. The van der Waals surface area contributed by atoms with Gasteiger partial charge in [0, 0.05) is 20.5 Å². The molecule has 0 aliphatic rings. The van der Waals surface area contributed by atoms with Crippen LogP contribution in [0.2, 0.25) is 0 Å². The summed E-state index contributed by atoms with van der Waals surface area (Å²) in [6.45, 7) is 7.98. The quantitative estimate of drug-likeness (QED) is 0.303. The molecular weight excluding hydrogens is 559 g/mol. The molecule has 0 saturated carbocycles. The average molecular weight is 605 g/mol. The molecule has 0 unspecified atom stereocenters. The molecule has 0 spiro atoms. The zero-order chi connectivity index (χ0) is 32.6. The molecule has 3 N–H and O–H groups in total. The largest absolute Gasteiger partial charge is 0.489 e. The number of hydrogen-bond donors (Lipinski definition) is 2. The van der Waals surface area contributed by atoms with Crippen LogP contribution >= 0.6 is 0 Å². The Bertz CT molecular complexity index is 1420. The smallest absolute Gasteiger partial charge is 0.246 e. The predicted molar refractivity (Wildman–Crippen MR) is 170 cm³/mol. The molecule has 0 bridgehead atoms. The minimum absolute atomic E-state index is 0.204. The summed E-state index contributed by atoms with van der Waals surface area (Å²) in [6, 6.07) is 19.0. The van der Waals surface area contributed by atoms with E-state index in [-0.39, 0.29) is 18.1 Å². The summed E-state index contributed by atoms with van der Waals surface area (Å²) < 4.78 is 19.4. The molecule has 236 valence electrons. The Morgan fingerprint density at radius 3 is 2.02 bits per heavy atom. The van der Waals surface area contributed by atoms with E-state index in [1.54, 1.807) is 33.3 Å². The van der Waals surface area contributed by atoms with Crippen molar-refractivity contribution in [3.05, 3.63) is 101 Å². The first-order valence-corrected chi connectivity index (χ1v) is 14.7. The summed E-state index contributed by atoms with van der Waals surface area (Å²) in [6.07, 6.45) is 0.519. The normalized spacial score (nSPS) is 13.5. The van der Waals surface area contributed by atoms with Crippen molar-refractivity contribution >= 4 is 17.7 Å². The number of hydrogen-bond acceptors (Lipinski definition) is 5. The lowest BCUT2D eigenvalue weighted by atomic mass is 9.84. The second-order valence-electron chi connectivity index (χ2n) is 12.3. The minimum atomic E-state index is -0.939. The van der Waals surface area contributed by atoms with Crippen molar-refractivity contribution in [1.29, 1.82) is 0 Å². The fourth-order valence-electron chi connectivity index (χ4n) is 5.39. The average Bonchev–Trinajstić information content (AvgIpc) is 2.98. The summed E-state index contributed by atoms with van der Waals surface area (Å²) >= 11 is 0. The molecule has 3 aromatic carbocycles. The van der Waals surface area contributed by atoms with Gasteiger partial charge in [0.1, 0.15) is 30.3 Å². The number of nitrogens with one attached hydrogen (secondary N) is 1. The molecule has 0 fully saturated rings. The van der Waals surface area contributed by atoms with Crippen LogP contribution in [-0.4, -0.2) is 66.8 Å². The van der Waals surface area contributed by atoms with Crippen LogP contribution in [0.25, 0.3) is 0 Å². The van der Waals surface area contributed by atoms with Crippen molar-refractivity contribution < 1.29 is 23.5 Å². The molecule has 0 aromatic heterocycles. The number of amides is 3. The summed E-state index contributed by atoms with van der Waals surface area (Å²) in [5.74, 6) is -0.963. The van der Waals surface area contributed by atoms with Crippen molar-refractivity contribution in [3.8, 4) is 5.75 Å². The summed E-state index contributed by atoms with van der Waals surface area (Å²) in [5, 5.41) is 3.03. The number of nitrogens with two attached hydrogens (primary N) is 1. The first-order valence-electron chi connectivity index (χ1n) is 14.7. The highest BCUT2D eigenvalue weighted by atomic mass is 19.1. The number of halogens is 1. The Kier molecular flexibility index (Phi) is 11.7. The Morgan fingerprint density at radius 1 is 0.864 bits per heavy atom. The Balaban J connectivity index is 1.77. The van der Waals surface area contributed by atoms with Gasteiger partial charge in [-0.05, 0) is 66.3 Å². The van der Waals surface area contributed by atoms with Crippen LogP contribution < -0.4 is 15.8 Å². The highest BCUT2D eigenvalue weighted by molar-refractivity contribution is 5.93. The fraction of sp³-hybridized carbons (Fsp3) is 0.400. The van der Waals surface area contributed by atoms with Gasteiger partial charge in [-0.25, -0.2) is 4.39 Å². The third-order valence-corrected chi connectivity index (χ3v) is 7.84. The van der Waals surface area contributed by atoms with Gasteiger partial charge in [0.2, 0.25) is 17.7 Å². The van der Waals surface area contributed by atoms with Gasteiger partial charge in [0.25, 0.3) is 0 Å². The van der Waals surface area contributed by atoms with Gasteiger partial charge >= 0.3 is 0 Å². The van der Waals surface area contributed by atoms with E-state index in [4.69, 9.17) is 10.5 Å². The van der Waals surface area contributed by atoms with E-state index in [0.29, 0.717) is 13.0 Å². The van der Waals surface area contributed by atoms with Crippen LogP contribution in [0.3, 0.4) is 0 Å². The number of carbonyl (C=O) groups excluding carboxylic acids is 3. The first-order chi connectivity index (χ1) is 20.7. The third kappa shape index (κ3) is 8.89. The molecule has 3 rings (SSSR count). The minimum Gasteiger partial charge on any atom is -0.489 e. The predicted octanol–water partition coefficient (Wildman–Crippen LogP) is 4.27. The van der Waals surface area contributed by atoms with E-state index >= 15 is 0 Å². The number of ether oxygens (including phenoxy) is 1. The van der Waals surface area contributed by atoms with E-state index in [2.05, 4.69) is 5.32 Å². The van der Waals surface area contributed by atoms with Crippen LogP contribution in [0.15, 0.2) is 72.8 Å². The van der Waals surface area contributed by atoms with Crippen LogP contribution in [0.4, 0.5) is 4.39 Å². The molecule has 3 aromatic rings. The highest BCUT2D eigenvalue weighted by Crippen LogP contribution is 2.28. The van der Waals surface area contributed by atoms with Gasteiger partial charge in [-0.2, -0.15) is 0 Å². The van der Waals surface area contributed by atoms with Gasteiger partial charge in [-0.15, -0.1) is 0 Å². The standard InChI is InChI=1S/C35H45FN4O4/c1-23-19-26(15-18-30(23)44-22-25-11-9-8-10-12-25)21-29(32(37)41)39(6)34(43)31(35(2,3)4)40(7)33(42)28(38-5)20-24-13-16-27(36)17-14-24/h8-19,28-29,31,38H,20-22H2,1-7H3,(H2,37,41)/t28-,29-,31+/m0/s1. The number of benzene rings is 3. The molecule has 8 nitrogen and oxygen atoms in total. The molecule has 44 heavy (non-hydrogen) atoms. The SMILES string of the molecule is CN[C@@H](Cc1ccc(F)cc1)C(=O)N(C)[C@H](C(=O)N(C)[C@@H](Cc1ccc(OCc2ccccc2)c(C)c1)C(N)=O)C(C)(C)C. The zero-order valence-electron chi connectivity index (χ0n) is 26.8. The lowest BCUT2D eigenvalue weighted by Crippen LogP contribution is -2.60. The topological polar surface area (TPSA) is 105 Å². The first kappa shape index (κ1) is 34.3. The second-order valence-corrected chi connectivity index (χ2v) is 12.3. The van der Waals surface area contributed by atoms with Gasteiger partial charge < -0.3 is 25.6 Å². The highest BCUT2D eigenvalue weighted by Gasteiger charge is 2.42. The van der Waals surface area contributed by atoms with Crippen molar-refractivity contribution in [3.63, 3.8) is 0 Å². The molecule has 0 aliphatic heterocycles. The van der Waals surface area contributed by atoms with E-state index in [1.807, 2.05) is 76.2 Å². The van der Waals surface area contributed by atoms with Gasteiger partial charge in [-0.1, -0.05) is 75.4 Å². The molecule has 3 atom stereocenters. The molecular formula is C35H45FN4O4. The number of primary amides is 1. The zero-order valence-corrected chi connectivity index (χ0v) is 26.8. The van der Waals surface area contributed by atoms with Crippen LogP contribution in [0, 0.1) is 18.2 Å². The molecule has 3 amide bonds. The Labute approximate surface area is 260 Å². The number of nitrogens with zero attached hydrogens (tertiary/aromatic N) is 2. The van der Waals surface area contributed by atoms with Crippen molar-refractivity contribution in [2.45, 2.75) is 65.3 Å². The number of carbonyl (C=O) groups is 3. The maximum absolute atomic E-state index is 14.1. The van der Waals surface area contributed by atoms with Crippen molar-refractivity contribution in [2.75, 3.05) is 21.1 Å². The maximum atomic E-state index is 14.1. The van der Waals surface area contributed by atoms with E-state index < -0.39 is 35.4 Å². The molecule has 0 heterocycles. The van der Waals surface area contributed by atoms with E-state index in [0.717, 1.165) is 28.0 Å². The number of likely N-dealkylation sites (N-methyl/N-ethyl adjacent to an activating group) is 3. The maximum Gasteiger partial charge on any atom is 0.246 e. The third-order valence-electron chi connectivity index (χ3n) is 7.84. The van der Waals surface area contributed by atoms with Crippen molar-refractivity contribution in [1.82, 2.24) is 15.1 Å². The second kappa shape index (κ2) is 15.0. The van der Waals surface area contributed by atoms with Crippen LogP contribution in [-0.2, 0) is 33.8 Å². The van der Waals surface area contributed by atoms with E-state index in [9.17, 15) is 18.8 Å². The van der Waals surface area contributed by atoms with E-state index in [1.165, 1.54) is 21.9 Å². The van der Waals surface area contributed by atoms with Gasteiger partial charge in [-0.3, -0.25) is 14.4 Å². The van der Waals surface area contributed by atoms with Gasteiger partial charge in [0.15, 0.2) is 0 Å². The van der Waals surface area contributed by atoms with Gasteiger partial charge in [0.05, 0.1) is 6.04 Å². The number of aryl methyl sites for hydroxylation is 1. The molecule has 9 heteroatoms. The summed E-state index contributed by atoms with van der Waals surface area (Å²) in [5.41, 5.74) is 8.73. The monoisotopic (exact) mass is 604 g/mol. The molecule has 0 aliphatic carbocycles. The number of rotatable bonds is 13.